The summed E-state index contributed by atoms with van der Waals surface area (Å²) in [4.78, 5) is 24.9. The maximum absolute atomic E-state index is 11.6. The van der Waals surface area contributed by atoms with Crippen LogP contribution in [0.25, 0.3) is 0 Å². The number of hydrogen-bond donors (Lipinski definition) is 1. The average Bonchev–Trinajstić information content (AvgIpc) is 2.52. The van der Waals surface area contributed by atoms with Gasteiger partial charge < -0.3 is 0 Å². The van der Waals surface area contributed by atoms with E-state index in [1.165, 1.54) is 10.8 Å². The monoisotopic (exact) mass is 332 g/mol. The Bertz CT molecular complexity index is 716. The summed E-state index contributed by atoms with van der Waals surface area (Å²) in [7, 11) is 1.78. The second-order valence-corrected chi connectivity index (χ2v) is 5.03. The van der Waals surface area contributed by atoms with Crippen molar-refractivity contribution < 1.29 is 0 Å². The van der Waals surface area contributed by atoms with Crippen LogP contribution in [0.3, 0.4) is 0 Å². The zero-order valence-corrected chi connectivity index (χ0v) is 12.0. The van der Waals surface area contributed by atoms with Gasteiger partial charge in [0.25, 0.3) is 5.56 Å². The summed E-state index contributed by atoms with van der Waals surface area (Å²) < 4.78 is 3.83. The first kappa shape index (κ1) is 13.1. The molecule has 18 heavy (non-hydrogen) atoms. The van der Waals surface area contributed by atoms with E-state index in [0.29, 0.717) is 0 Å². The Kier molecular flexibility index (Phi) is 3.45. The molecule has 96 valence electrons. The summed E-state index contributed by atoms with van der Waals surface area (Å²) in [5.74, 6) is 0. The molecule has 8 heteroatoms. The Morgan fingerprint density at radius 2 is 2.17 bits per heavy atom. The Morgan fingerprint density at radius 1 is 1.50 bits per heavy atom. The lowest BCUT2D eigenvalue weighted by Gasteiger charge is -2.06. The van der Waals surface area contributed by atoms with E-state index in [1.54, 1.807) is 11.7 Å². The van der Waals surface area contributed by atoms with Gasteiger partial charge in [0.15, 0.2) is 0 Å². The first-order valence-corrected chi connectivity index (χ1v) is 6.24. The van der Waals surface area contributed by atoms with E-state index in [4.69, 9.17) is 11.6 Å². The molecule has 0 spiro atoms. The highest BCUT2D eigenvalue weighted by atomic mass is 79.9. The van der Waals surface area contributed by atoms with Gasteiger partial charge in [-0.05, 0) is 22.9 Å². The minimum Gasteiger partial charge on any atom is -0.293 e. The maximum Gasteiger partial charge on any atom is 0.328 e. The third-order valence-electron chi connectivity index (χ3n) is 2.55. The van der Waals surface area contributed by atoms with Crippen molar-refractivity contribution >= 4 is 27.5 Å². The zero-order chi connectivity index (χ0) is 13.4. The quantitative estimate of drug-likeness (QED) is 0.892. The molecule has 1 N–H and O–H groups in total. The van der Waals surface area contributed by atoms with Crippen LogP contribution in [0.4, 0.5) is 0 Å². The van der Waals surface area contributed by atoms with Crippen LogP contribution in [0.1, 0.15) is 11.4 Å². The van der Waals surface area contributed by atoms with E-state index in [1.807, 2.05) is 6.92 Å². The number of nitrogens with zero attached hydrogens (tertiary/aromatic N) is 3. The largest absolute Gasteiger partial charge is 0.328 e. The van der Waals surface area contributed by atoms with Crippen LogP contribution in [-0.4, -0.2) is 19.3 Å². The number of nitrogens with one attached hydrogen (secondary N) is 1. The zero-order valence-electron chi connectivity index (χ0n) is 9.70. The molecule has 0 atom stereocenters. The summed E-state index contributed by atoms with van der Waals surface area (Å²) in [6.45, 7) is 2.13. The van der Waals surface area contributed by atoms with Gasteiger partial charge >= 0.3 is 5.69 Å². The molecule has 0 radical (unpaired) electrons. The molecule has 2 heterocycles. The van der Waals surface area contributed by atoms with Crippen molar-refractivity contribution in [3.63, 3.8) is 0 Å². The van der Waals surface area contributed by atoms with Crippen molar-refractivity contribution in [2.45, 2.75) is 13.5 Å². The molecule has 0 unspecified atom stereocenters. The number of rotatable bonds is 2. The Labute approximate surface area is 115 Å². The molecular formula is C10H10BrClN4O2. The van der Waals surface area contributed by atoms with Gasteiger partial charge in [-0.3, -0.25) is 19.0 Å². The molecule has 0 saturated carbocycles. The van der Waals surface area contributed by atoms with E-state index >= 15 is 0 Å². The highest BCUT2D eigenvalue weighted by Crippen LogP contribution is 2.20. The standard InChI is InChI=1S/C10H10BrClN4O2/c1-5-8(11)7(15(2)14-5)4-16-3-6(12)9(17)13-10(16)18/h3H,4H2,1-2H3,(H,13,17,18). The minimum absolute atomic E-state index is 0.0235. The lowest BCUT2D eigenvalue weighted by Crippen LogP contribution is -2.30. The maximum atomic E-state index is 11.6. The normalized spacial score (nSPS) is 10.9. The van der Waals surface area contributed by atoms with Crippen LogP contribution >= 0.6 is 27.5 Å². The van der Waals surface area contributed by atoms with Gasteiger partial charge in [0.2, 0.25) is 0 Å². The number of hydrogen-bond acceptors (Lipinski definition) is 3. The summed E-state index contributed by atoms with van der Waals surface area (Å²) in [6, 6.07) is 0. The van der Waals surface area contributed by atoms with Crippen molar-refractivity contribution in [3.8, 4) is 0 Å². The molecule has 0 amide bonds. The van der Waals surface area contributed by atoms with E-state index in [9.17, 15) is 9.59 Å². The molecule has 6 nitrogen and oxygen atoms in total. The summed E-state index contributed by atoms with van der Waals surface area (Å²) in [5, 5.41) is 4.20. The van der Waals surface area contributed by atoms with Gasteiger partial charge in [-0.25, -0.2) is 4.79 Å². The third kappa shape index (κ3) is 2.28. The topological polar surface area (TPSA) is 72.7 Å². The van der Waals surface area contributed by atoms with E-state index in [-0.39, 0.29) is 11.6 Å². The van der Waals surface area contributed by atoms with Crippen LogP contribution in [-0.2, 0) is 13.6 Å². The smallest absolute Gasteiger partial charge is 0.293 e. The van der Waals surface area contributed by atoms with Gasteiger partial charge in [0, 0.05) is 13.2 Å². The van der Waals surface area contributed by atoms with Crippen molar-refractivity contribution in [2.24, 2.45) is 7.05 Å². The number of aromatic amines is 1. The highest BCUT2D eigenvalue weighted by Gasteiger charge is 2.12. The van der Waals surface area contributed by atoms with E-state index in [2.05, 4.69) is 26.0 Å². The van der Waals surface area contributed by atoms with Gasteiger partial charge in [0.05, 0.1) is 22.4 Å². The van der Waals surface area contributed by atoms with Gasteiger partial charge in [-0.1, -0.05) is 11.6 Å². The predicted octanol–water partition coefficient (Wildman–Crippen LogP) is 1.04. The summed E-state index contributed by atoms with van der Waals surface area (Å²) >= 11 is 9.11. The molecular weight excluding hydrogens is 323 g/mol. The van der Waals surface area contributed by atoms with Crippen LogP contribution in [0.2, 0.25) is 5.02 Å². The molecule has 0 aliphatic heterocycles. The number of halogens is 2. The van der Waals surface area contributed by atoms with E-state index < -0.39 is 11.2 Å². The number of H-pyrrole nitrogens is 1. The fourth-order valence-corrected chi connectivity index (χ4v) is 2.24. The fraction of sp³-hybridized carbons (Fsp3) is 0.300. The summed E-state index contributed by atoms with van der Waals surface area (Å²) in [5.41, 5.74) is 0.558. The molecule has 0 fully saturated rings. The molecule has 2 rings (SSSR count). The Hall–Kier alpha value is -1.34. The molecule has 0 aromatic carbocycles. The van der Waals surface area contributed by atoms with E-state index in [0.717, 1.165) is 15.9 Å². The second kappa shape index (κ2) is 4.74. The average molecular weight is 334 g/mol. The predicted molar refractivity (Wildman–Crippen MR) is 71.1 cm³/mol. The van der Waals surface area contributed by atoms with Crippen LogP contribution in [0.15, 0.2) is 20.3 Å². The number of aryl methyl sites for hydroxylation is 2. The molecule has 2 aromatic rings. The van der Waals surface area contributed by atoms with Crippen LogP contribution in [0, 0.1) is 6.92 Å². The van der Waals surface area contributed by atoms with Gasteiger partial charge in [-0.2, -0.15) is 5.10 Å². The molecule has 2 aromatic heterocycles. The molecule has 0 saturated heterocycles. The fourth-order valence-electron chi connectivity index (χ4n) is 1.61. The van der Waals surface area contributed by atoms with Crippen molar-refractivity contribution in [1.29, 1.82) is 0 Å². The summed E-state index contributed by atoms with van der Waals surface area (Å²) in [6.07, 6.45) is 1.32. The van der Waals surface area contributed by atoms with Gasteiger partial charge in [-0.15, -0.1) is 0 Å². The van der Waals surface area contributed by atoms with Crippen molar-refractivity contribution in [1.82, 2.24) is 19.3 Å². The lowest BCUT2D eigenvalue weighted by molar-refractivity contribution is 0.637. The highest BCUT2D eigenvalue weighted by molar-refractivity contribution is 9.10. The Morgan fingerprint density at radius 3 is 2.72 bits per heavy atom. The molecule has 0 bridgehead atoms. The first-order valence-electron chi connectivity index (χ1n) is 5.07. The molecule has 0 aliphatic carbocycles. The van der Waals surface area contributed by atoms with Gasteiger partial charge in [0.1, 0.15) is 5.02 Å². The first-order chi connectivity index (χ1) is 8.40. The SMILES string of the molecule is Cc1nn(C)c(Cn2cc(Cl)c(=O)[nH]c2=O)c1Br. The van der Waals surface area contributed by atoms with Crippen molar-refractivity contribution in [3.05, 3.63) is 47.9 Å². The molecule has 0 aliphatic rings. The minimum atomic E-state index is -0.585. The Balaban J connectivity index is 2.50. The van der Waals surface area contributed by atoms with Crippen LogP contribution in [0.5, 0.6) is 0 Å². The third-order valence-corrected chi connectivity index (χ3v) is 3.85. The lowest BCUT2D eigenvalue weighted by atomic mass is 10.3. The van der Waals surface area contributed by atoms with Crippen molar-refractivity contribution in [2.75, 3.05) is 0 Å². The second-order valence-electron chi connectivity index (χ2n) is 3.83. The van der Waals surface area contributed by atoms with Crippen LogP contribution < -0.4 is 11.2 Å². The number of aromatic nitrogens is 4.